The molecule has 83 valence electrons. The number of fused-ring (bicyclic) bond motifs is 1. The second-order valence-corrected chi connectivity index (χ2v) is 4.31. The Morgan fingerprint density at radius 2 is 2.19 bits per heavy atom. The number of benzene rings is 1. The Morgan fingerprint density at radius 3 is 3.00 bits per heavy atom. The maximum absolute atomic E-state index is 11.9. The van der Waals surface area contributed by atoms with Crippen molar-refractivity contribution in [3.8, 4) is 0 Å². The van der Waals surface area contributed by atoms with Gasteiger partial charge < -0.3 is 10.1 Å². The SMILES string of the molecule is O=C1Nc2ccccc2C[C]1C1CCCO1. The number of carbonyl (C=O) groups is 1. The zero-order valence-corrected chi connectivity index (χ0v) is 9.03. The molecular formula is C13H14NO2. The van der Waals surface area contributed by atoms with E-state index in [1.807, 2.05) is 18.2 Å². The molecule has 0 aromatic heterocycles. The Hall–Kier alpha value is -1.35. The zero-order valence-electron chi connectivity index (χ0n) is 9.03. The highest BCUT2D eigenvalue weighted by atomic mass is 16.5. The molecule has 1 unspecified atom stereocenters. The number of carbonyl (C=O) groups excluding carboxylic acids is 1. The first-order valence-corrected chi connectivity index (χ1v) is 5.71. The summed E-state index contributed by atoms with van der Waals surface area (Å²) in [5.41, 5.74) is 2.13. The first-order chi connectivity index (χ1) is 7.84. The van der Waals surface area contributed by atoms with Crippen LogP contribution in [0.15, 0.2) is 24.3 Å². The molecule has 3 heteroatoms. The Morgan fingerprint density at radius 1 is 1.31 bits per heavy atom. The van der Waals surface area contributed by atoms with Crippen molar-refractivity contribution >= 4 is 11.6 Å². The van der Waals surface area contributed by atoms with Crippen molar-refractivity contribution in [3.63, 3.8) is 0 Å². The highest BCUT2D eigenvalue weighted by Gasteiger charge is 2.35. The first-order valence-electron chi connectivity index (χ1n) is 5.71. The molecule has 0 bridgehead atoms. The number of amides is 1. The van der Waals surface area contributed by atoms with Crippen LogP contribution in [0.3, 0.4) is 0 Å². The molecule has 1 amide bonds. The number of rotatable bonds is 1. The Bertz CT molecular complexity index is 410. The highest BCUT2D eigenvalue weighted by Crippen LogP contribution is 2.32. The summed E-state index contributed by atoms with van der Waals surface area (Å²) < 4.78 is 5.58. The predicted molar refractivity (Wildman–Crippen MR) is 61.0 cm³/mol. The fourth-order valence-corrected chi connectivity index (χ4v) is 2.40. The molecule has 1 atom stereocenters. The van der Waals surface area contributed by atoms with Crippen LogP contribution in [-0.2, 0) is 16.0 Å². The first kappa shape index (κ1) is 9.85. The van der Waals surface area contributed by atoms with Crippen LogP contribution in [0.5, 0.6) is 0 Å². The monoisotopic (exact) mass is 216 g/mol. The van der Waals surface area contributed by atoms with Crippen molar-refractivity contribution in [3.05, 3.63) is 35.7 Å². The summed E-state index contributed by atoms with van der Waals surface area (Å²) in [4.78, 5) is 11.9. The van der Waals surface area contributed by atoms with E-state index in [1.165, 1.54) is 5.56 Å². The van der Waals surface area contributed by atoms with Crippen LogP contribution < -0.4 is 5.32 Å². The molecule has 0 aliphatic carbocycles. The van der Waals surface area contributed by atoms with Crippen molar-refractivity contribution in [2.45, 2.75) is 25.4 Å². The fourth-order valence-electron chi connectivity index (χ4n) is 2.40. The number of hydrogen-bond donors (Lipinski definition) is 1. The van der Waals surface area contributed by atoms with E-state index in [1.54, 1.807) is 0 Å². The van der Waals surface area contributed by atoms with Crippen LogP contribution in [0.2, 0.25) is 0 Å². The van der Waals surface area contributed by atoms with Crippen molar-refractivity contribution in [1.29, 1.82) is 0 Å². The minimum atomic E-state index is 0.0330. The Labute approximate surface area is 94.8 Å². The summed E-state index contributed by atoms with van der Waals surface area (Å²) in [5, 5.41) is 2.93. The average molecular weight is 216 g/mol. The van der Waals surface area contributed by atoms with Crippen molar-refractivity contribution in [2.24, 2.45) is 0 Å². The van der Waals surface area contributed by atoms with Gasteiger partial charge in [0, 0.05) is 12.3 Å². The van der Waals surface area contributed by atoms with Crippen molar-refractivity contribution in [1.82, 2.24) is 0 Å². The van der Waals surface area contributed by atoms with E-state index in [-0.39, 0.29) is 12.0 Å². The fraction of sp³-hybridized carbons (Fsp3) is 0.385. The van der Waals surface area contributed by atoms with Gasteiger partial charge in [-0.15, -0.1) is 0 Å². The van der Waals surface area contributed by atoms with E-state index in [0.717, 1.165) is 37.5 Å². The maximum atomic E-state index is 11.9. The molecule has 1 radical (unpaired) electrons. The molecule has 3 rings (SSSR count). The second-order valence-electron chi connectivity index (χ2n) is 4.31. The quantitative estimate of drug-likeness (QED) is 0.779. The van der Waals surface area contributed by atoms with E-state index in [2.05, 4.69) is 11.4 Å². The van der Waals surface area contributed by atoms with Crippen LogP contribution in [-0.4, -0.2) is 18.6 Å². The van der Waals surface area contributed by atoms with Gasteiger partial charge in [0.2, 0.25) is 5.91 Å². The Balaban J connectivity index is 1.86. The third-order valence-electron chi connectivity index (χ3n) is 3.26. The molecule has 1 N–H and O–H groups in total. The summed E-state index contributed by atoms with van der Waals surface area (Å²) >= 11 is 0. The molecule has 16 heavy (non-hydrogen) atoms. The Kier molecular flexibility index (Phi) is 2.40. The van der Waals surface area contributed by atoms with Crippen LogP contribution in [0, 0.1) is 5.92 Å². The minimum Gasteiger partial charge on any atom is -0.377 e. The number of anilines is 1. The normalized spacial score (nSPS) is 25.2. The van der Waals surface area contributed by atoms with Crippen molar-refractivity contribution in [2.75, 3.05) is 11.9 Å². The molecule has 1 aromatic rings. The van der Waals surface area contributed by atoms with E-state index in [4.69, 9.17) is 4.74 Å². The second kappa shape index (κ2) is 3.91. The van der Waals surface area contributed by atoms with Gasteiger partial charge in [0.25, 0.3) is 0 Å². The van der Waals surface area contributed by atoms with E-state index in [9.17, 15) is 4.79 Å². The van der Waals surface area contributed by atoms with Gasteiger partial charge in [-0.25, -0.2) is 0 Å². The summed E-state index contributed by atoms with van der Waals surface area (Å²) in [6, 6.07) is 7.95. The standard InChI is InChI=1S/C13H14NO2/c15-13-10(12-6-3-7-16-12)8-9-4-1-2-5-11(9)14-13/h1-2,4-5,12H,3,6-8H2,(H,14,15). The number of para-hydroxylation sites is 1. The average Bonchev–Trinajstić information content (AvgIpc) is 2.81. The summed E-state index contributed by atoms with van der Waals surface area (Å²) in [6.45, 7) is 0.781. The van der Waals surface area contributed by atoms with Crippen LogP contribution >= 0.6 is 0 Å². The molecule has 1 saturated heterocycles. The van der Waals surface area contributed by atoms with E-state index >= 15 is 0 Å². The number of ether oxygens (including phenoxy) is 1. The maximum Gasteiger partial charge on any atom is 0.234 e. The van der Waals surface area contributed by atoms with Crippen LogP contribution in [0.25, 0.3) is 0 Å². The third-order valence-corrected chi connectivity index (χ3v) is 3.26. The predicted octanol–water partition coefficient (Wildman–Crippen LogP) is 1.93. The minimum absolute atomic E-state index is 0.0330. The molecule has 2 heterocycles. The van der Waals surface area contributed by atoms with Crippen LogP contribution in [0.4, 0.5) is 5.69 Å². The van der Waals surface area contributed by atoms with Crippen LogP contribution in [0.1, 0.15) is 18.4 Å². The molecule has 0 saturated carbocycles. The van der Waals surface area contributed by atoms with Crippen molar-refractivity contribution < 1.29 is 9.53 Å². The smallest absolute Gasteiger partial charge is 0.234 e. The number of nitrogens with one attached hydrogen (secondary N) is 1. The van der Waals surface area contributed by atoms with E-state index in [0.29, 0.717) is 0 Å². The van der Waals surface area contributed by atoms with Gasteiger partial charge in [-0.05, 0) is 30.9 Å². The molecule has 1 fully saturated rings. The van der Waals surface area contributed by atoms with Gasteiger partial charge in [0.15, 0.2) is 0 Å². The number of hydrogen-bond acceptors (Lipinski definition) is 2. The zero-order chi connectivity index (χ0) is 11.0. The summed E-state index contributed by atoms with van der Waals surface area (Å²) in [7, 11) is 0. The lowest BCUT2D eigenvalue weighted by atomic mass is 9.88. The molecule has 3 nitrogen and oxygen atoms in total. The summed E-state index contributed by atoms with van der Waals surface area (Å²) in [5.74, 6) is 0.918. The molecule has 2 aliphatic heterocycles. The summed E-state index contributed by atoms with van der Waals surface area (Å²) in [6.07, 6.45) is 2.80. The molecule has 0 spiro atoms. The largest absolute Gasteiger partial charge is 0.377 e. The van der Waals surface area contributed by atoms with Gasteiger partial charge in [0.05, 0.1) is 12.0 Å². The van der Waals surface area contributed by atoms with Gasteiger partial charge in [-0.1, -0.05) is 18.2 Å². The topological polar surface area (TPSA) is 38.3 Å². The molecule has 2 aliphatic rings. The van der Waals surface area contributed by atoms with E-state index < -0.39 is 0 Å². The highest BCUT2D eigenvalue weighted by molar-refractivity contribution is 6.04. The lowest BCUT2D eigenvalue weighted by Gasteiger charge is -2.27. The third kappa shape index (κ3) is 1.61. The van der Waals surface area contributed by atoms with Gasteiger partial charge in [-0.2, -0.15) is 0 Å². The molecular weight excluding hydrogens is 202 g/mol. The lowest BCUT2D eigenvalue weighted by molar-refractivity contribution is -0.116. The van der Waals surface area contributed by atoms with Gasteiger partial charge in [-0.3, -0.25) is 4.79 Å². The lowest BCUT2D eigenvalue weighted by Crippen LogP contribution is -2.35. The van der Waals surface area contributed by atoms with Gasteiger partial charge >= 0.3 is 0 Å². The molecule has 1 aromatic carbocycles. The van der Waals surface area contributed by atoms with Gasteiger partial charge in [0.1, 0.15) is 0 Å².